The van der Waals surface area contributed by atoms with Crippen LogP contribution in [0.2, 0.25) is 0 Å². The summed E-state index contributed by atoms with van der Waals surface area (Å²) in [5.41, 5.74) is -2.23. The van der Waals surface area contributed by atoms with E-state index >= 15 is 0 Å². The molecule has 0 bridgehead atoms. The second-order valence-electron chi connectivity index (χ2n) is 3.54. The molecule has 17 heavy (non-hydrogen) atoms. The van der Waals surface area contributed by atoms with Crippen LogP contribution >= 0.6 is 0 Å². The number of nitrogens with one attached hydrogen (secondary N) is 1. The summed E-state index contributed by atoms with van der Waals surface area (Å²) in [7, 11) is 0. The number of nitrogens with zero attached hydrogens (tertiary/aromatic N) is 1. The number of H-pyrrole nitrogens is 1. The van der Waals surface area contributed by atoms with Crippen LogP contribution in [0.15, 0.2) is 15.8 Å². The summed E-state index contributed by atoms with van der Waals surface area (Å²) in [4.78, 5) is 23.8. The Balaban J connectivity index is 2.46. The molecule has 9 heteroatoms. The van der Waals surface area contributed by atoms with Crippen molar-refractivity contribution in [3.63, 3.8) is 0 Å². The van der Waals surface area contributed by atoms with Gasteiger partial charge in [-0.1, -0.05) is 0 Å². The Kier molecular flexibility index (Phi) is 2.83. The topological polar surface area (TPSA) is 125 Å². The number of halogens is 1. The summed E-state index contributed by atoms with van der Waals surface area (Å²) in [6.45, 7) is 0. The molecule has 0 spiro atoms. The fourth-order valence-corrected chi connectivity index (χ4v) is 1.52. The number of aromatic nitrogens is 2. The van der Waals surface area contributed by atoms with Crippen LogP contribution in [-0.4, -0.2) is 43.4 Å². The fraction of sp³-hybridized carbons (Fsp3) is 0.500. The molecule has 0 amide bonds. The number of aliphatic hydroxyl groups is 3. The Labute approximate surface area is 92.5 Å². The lowest BCUT2D eigenvalue weighted by Gasteiger charge is -2.16. The quantitative estimate of drug-likeness (QED) is 0.427. The van der Waals surface area contributed by atoms with Gasteiger partial charge in [-0.05, 0) is 0 Å². The van der Waals surface area contributed by atoms with Crippen LogP contribution in [0.5, 0.6) is 0 Å². The molecule has 2 rings (SSSR count). The Morgan fingerprint density at radius 1 is 1.29 bits per heavy atom. The number of rotatable bonds is 1. The summed E-state index contributed by atoms with van der Waals surface area (Å²) in [5.74, 6) is -1.25. The van der Waals surface area contributed by atoms with Crippen LogP contribution in [0.4, 0.5) is 4.39 Å². The average molecular weight is 248 g/mol. The molecule has 1 aliphatic heterocycles. The van der Waals surface area contributed by atoms with E-state index in [-0.39, 0.29) is 0 Å². The Bertz CT molecular complexity index is 540. The van der Waals surface area contributed by atoms with Gasteiger partial charge in [0.05, 0.1) is 6.20 Å². The standard InChI is InChI=1S/C8H9FN2O6/c9-2-1-11(8(16)10-5(2)14)6-3(12)4(13)7(15)17-6/h1,3-4,6-7,12-13,15H,(H,10,14,16). The monoisotopic (exact) mass is 248 g/mol. The van der Waals surface area contributed by atoms with Gasteiger partial charge in [0, 0.05) is 0 Å². The van der Waals surface area contributed by atoms with Crippen LogP contribution in [-0.2, 0) is 4.74 Å². The van der Waals surface area contributed by atoms with Crippen molar-refractivity contribution in [1.29, 1.82) is 0 Å². The molecule has 0 radical (unpaired) electrons. The molecule has 4 N–H and O–H groups in total. The van der Waals surface area contributed by atoms with Gasteiger partial charge >= 0.3 is 5.69 Å². The van der Waals surface area contributed by atoms with Crippen molar-refractivity contribution in [3.8, 4) is 0 Å². The van der Waals surface area contributed by atoms with E-state index in [2.05, 4.69) is 4.74 Å². The molecule has 4 atom stereocenters. The van der Waals surface area contributed by atoms with Crippen molar-refractivity contribution >= 4 is 0 Å². The van der Waals surface area contributed by atoms with Gasteiger partial charge in [0.25, 0.3) is 5.56 Å². The average Bonchev–Trinajstić information content (AvgIpc) is 2.51. The lowest BCUT2D eigenvalue weighted by atomic mass is 10.2. The molecule has 94 valence electrons. The predicted octanol–water partition coefficient (Wildman–Crippen LogP) is -2.76. The van der Waals surface area contributed by atoms with E-state index in [1.165, 1.54) is 0 Å². The van der Waals surface area contributed by atoms with E-state index in [9.17, 15) is 24.2 Å². The zero-order valence-electron chi connectivity index (χ0n) is 8.28. The summed E-state index contributed by atoms with van der Waals surface area (Å²) >= 11 is 0. The molecule has 1 aromatic rings. The van der Waals surface area contributed by atoms with E-state index in [1.54, 1.807) is 4.98 Å². The SMILES string of the molecule is O=c1[nH]c(=O)n(C2OC(O)C(O)C2O)cc1F. The molecule has 1 aromatic heterocycles. The molecule has 1 aliphatic rings. The molecule has 0 aliphatic carbocycles. The first kappa shape index (κ1) is 11.9. The van der Waals surface area contributed by atoms with E-state index in [0.717, 1.165) is 0 Å². The first-order chi connectivity index (χ1) is 7.91. The number of hydrogen-bond donors (Lipinski definition) is 4. The minimum Gasteiger partial charge on any atom is -0.385 e. The smallest absolute Gasteiger partial charge is 0.330 e. The van der Waals surface area contributed by atoms with Gasteiger partial charge in [0.2, 0.25) is 5.82 Å². The van der Waals surface area contributed by atoms with E-state index in [1.807, 2.05) is 0 Å². The fourth-order valence-electron chi connectivity index (χ4n) is 1.52. The molecule has 0 aromatic carbocycles. The van der Waals surface area contributed by atoms with Crippen LogP contribution in [0.3, 0.4) is 0 Å². The zero-order valence-corrected chi connectivity index (χ0v) is 8.28. The van der Waals surface area contributed by atoms with Crippen molar-refractivity contribution in [1.82, 2.24) is 9.55 Å². The van der Waals surface area contributed by atoms with E-state index < -0.39 is 41.8 Å². The maximum absolute atomic E-state index is 13.0. The number of hydrogen-bond acceptors (Lipinski definition) is 6. The normalized spacial score (nSPS) is 32.9. The third-order valence-corrected chi connectivity index (χ3v) is 2.41. The zero-order chi connectivity index (χ0) is 12.7. The highest BCUT2D eigenvalue weighted by Gasteiger charge is 2.43. The third-order valence-electron chi connectivity index (χ3n) is 2.41. The predicted molar refractivity (Wildman–Crippen MR) is 49.4 cm³/mol. The Morgan fingerprint density at radius 2 is 1.94 bits per heavy atom. The minimum atomic E-state index is -1.70. The highest BCUT2D eigenvalue weighted by atomic mass is 19.1. The maximum Gasteiger partial charge on any atom is 0.330 e. The number of aromatic amines is 1. The second kappa shape index (κ2) is 4.04. The van der Waals surface area contributed by atoms with Crippen LogP contribution in [0, 0.1) is 5.82 Å². The molecular formula is C8H9FN2O6. The molecule has 0 saturated carbocycles. The first-order valence-electron chi connectivity index (χ1n) is 4.62. The van der Waals surface area contributed by atoms with Crippen molar-refractivity contribution in [2.45, 2.75) is 24.7 Å². The van der Waals surface area contributed by atoms with Gasteiger partial charge in [-0.25, -0.2) is 4.79 Å². The van der Waals surface area contributed by atoms with Crippen molar-refractivity contribution < 1.29 is 24.4 Å². The summed E-state index contributed by atoms with van der Waals surface area (Å²) in [6.07, 6.45) is -5.88. The van der Waals surface area contributed by atoms with Gasteiger partial charge in [-0.2, -0.15) is 4.39 Å². The molecular weight excluding hydrogens is 239 g/mol. The molecule has 2 heterocycles. The summed E-state index contributed by atoms with van der Waals surface area (Å²) in [6, 6.07) is 0. The van der Waals surface area contributed by atoms with Crippen molar-refractivity contribution in [3.05, 3.63) is 32.9 Å². The van der Waals surface area contributed by atoms with Gasteiger partial charge in [-0.3, -0.25) is 14.3 Å². The van der Waals surface area contributed by atoms with Gasteiger partial charge < -0.3 is 20.1 Å². The second-order valence-corrected chi connectivity index (χ2v) is 3.54. The van der Waals surface area contributed by atoms with Gasteiger partial charge in [0.15, 0.2) is 12.5 Å². The summed E-state index contributed by atoms with van der Waals surface area (Å²) in [5, 5.41) is 27.8. The third kappa shape index (κ3) is 1.89. The number of ether oxygens (including phenoxy) is 1. The van der Waals surface area contributed by atoms with Crippen LogP contribution < -0.4 is 11.2 Å². The van der Waals surface area contributed by atoms with Crippen LogP contribution in [0.1, 0.15) is 6.23 Å². The lowest BCUT2D eigenvalue weighted by Crippen LogP contribution is -2.38. The maximum atomic E-state index is 13.0. The summed E-state index contributed by atoms with van der Waals surface area (Å²) < 4.78 is 18.2. The Hall–Kier alpha value is -1.55. The largest absolute Gasteiger partial charge is 0.385 e. The molecule has 1 fully saturated rings. The minimum absolute atomic E-state index is 0.528. The molecule has 1 saturated heterocycles. The highest BCUT2D eigenvalue weighted by Crippen LogP contribution is 2.26. The molecule has 4 unspecified atom stereocenters. The van der Waals surface area contributed by atoms with E-state index in [4.69, 9.17) is 5.11 Å². The van der Waals surface area contributed by atoms with E-state index in [0.29, 0.717) is 10.8 Å². The van der Waals surface area contributed by atoms with Crippen molar-refractivity contribution in [2.24, 2.45) is 0 Å². The van der Waals surface area contributed by atoms with Gasteiger partial charge in [-0.15, -0.1) is 0 Å². The lowest BCUT2D eigenvalue weighted by molar-refractivity contribution is -0.142. The molecule has 8 nitrogen and oxygen atoms in total. The van der Waals surface area contributed by atoms with Crippen LogP contribution in [0.25, 0.3) is 0 Å². The Morgan fingerprint density at radius 3 is 2.47 bits per heavy atom. The number of aliphatic hydroxyl groups excluding tert-OH is 3. The first-order valence-corrected chi connectivity index (χ1v) is 4.62. The van der Waals surface area contributed by atoms with Gasteiger partial charge in [0.1, 0.15) is 12.2 Å². The highest BCUT2D eigenvalue weighted by molar-refractivity contribution is 4.92. The van der Waals surface area contributed by atoms with Crippen molar-refractivity contribution in [2.75, 3.05) is 0 Å².